The summed E-state index contributed by atoms with van der Waals surface area (Å²) < 4.78 is 0. The van der Waals surface area contributed by atoms with Crippen LogP contribution < -0.4 is 5.73 Å². The summed E-state index contributed by atoms with van der Waals surface area (Å²) >= 11 is 0. The maximum atomic E-state index is 5.94. The van der Waals surface area contributed by atoms with E-state index in [1.165, 1.54) is 30.6 Å². The van der Waals surface area contributed by atoms with Gasteiger partial charge in [0.1, 0.15) is 0 Å². The Bertz CT molecular complexity index is 348. The molecule has 2 rings (SSSR count). The van der Waals surface area contributed by atoms with Crippen molar-refractivity contribution in [2.75, 3.05) is 19.6 Å². The average Bonchev–Trinajstić information content (AvgIpc) is 2.66. The maximum absolute atomic E-state index is 5.94. The molecule has 1 heterocycles. The van der Waals surface area contributed by atoms with Crippen molar-refractivity contribution in [1.82, 2.24) is 4.90 Å². The number of likely N-dealkylation sites (tertiary alicyclic amines) is 1. The fraction of sp³-hybridized carbons (Fsp3) is 0.571. The molecule has 1 aromatic carbocycles. The number of hydrogen-bond acceptors (Lipinski definition) is 2. The normalized spacial score (nSPS) is 23.6. The Morgan fingerprint density at radius 2 is 2.31 bits per heavy atom. The minimum Gasteiger partial charge on any atom is -0.329 e. The summed E-state index contributed by atoms with van der Waals surface area (Å²) in [6, 6.07) is 9.15. The summed E-state index contributed by atoms with van der Waals surface area (Å²) in [5, 5.41) is 0. The minimum absolute atomic E-state index is 0.407. The number of nitrogens with zero attached hydrogens (tertiary/aromatic N) is 1. The van der Waals surface area contributed by atoms with Crippen molar-refractivity contribution in [2.45, 2.75) is 26.3 Å². The second-order valence-corrected chi connectivity index (χ2v) is 5.05. The quantitative estimate of drug-likeness (QED) is 0.843. The van der Waals surface area contributed by atoms with E-state index >= 15 is 0 Å². The van der Waals surface area contributed by atoms with Gasteiger partial charge in [-0.25, -0.2) is 0 Å². The molecule has 1 fully saturated rings. The van der Waals surface area contributed by atoms with Crippen LogP contribution in [0, 0.1) is 12.8 Å². The van der Waals surface area contributed by atoms with Crippen LogP contribution in [0.5, 0.6) is 0 Å². The molecular formula is C14H22N2. The first-order chi connectivity index (χ1) is 7.70. The molecule has 2 unspecified atom stereocenters. The molecule has 1 saturated heterocycles. The molecule has 0 saturated carbocycles. The number of hydrogen-bond donors (Lipinski definition) is 1. The molecule has 16 heavy (non-hydrogen) atoms. The molecule has 1 aliphatic rings. The van der Waals surface area contributed by atoms with Gasteiger partial charge in [-0.1, -0.05) is 36.8 Å². The van der Waals surface area contributed by atoms with Crippen LogP contribution in [0.1, 0.15) is 30.5 Å². The fourth-order valence-electron chi connectivity index (χ4n) is 2.63. The van der Waals surface area contributed by atoms with Crippen molar-refractivity contribution in [2.24, 2.45) is 11.7 Å². The first kappa shape index (κ1) is 11.6. The minimum atomic E-state index is 0.407. The van der Waals surface area contributed by atoms with Gasteiger partial charge in [-0.15, -0.1) is 0 Å². The summed E-state index contributed by atoms with van der Waals surface area (Å²) in [7, 11) is 0. The van der Waals surface area contributed by atoms with E-state index in [-0.39, 0.29) is 0 Å². The molecular weight excluding hydrogens is 196 g/mol. The fourth-order valence-corrected chi connectivity index (χ4v) is 2.63. The number of nitrogens with two attached hydrogens (primary N) is 1. The molecule has 2 atom stereocenters. The zero-order valence-electron chi connectivity index (χ0n) is 10.3. The van der Waals surface area contributed by atoms with Crippen molar-refractivity contribution in [3.8, 4) is 0 Å². The zero-order chi connectivity index (χ0) is 11.5. The Morgan fingerprint density at radius 3 is 2.88 bits per heavy atom. The van der Waals surface area contributed by atoms with E-state index in [0.717, 1.165) is 12.5 Å². The van der Waals surface area contributed by atoms with E-state index in [2.05, 4.69) is 43.0 Å². The van der Waals surface area contributed by atoms with Gasteiger partial charge in [-0.2, -0.15) is 0 Å². The lowest BCUT2D eigenvalue weighted by molar-refractivity contribution is 0.243. The van der Waals surface area contributed by atoms with E-state index in [1.54, 1.807) is 0 Å². The van der Waals surface area contributed by atoms with Gasteiger partial charge in [-0.05, 0) is 31.4 Å². The van der Waals surface area contributed by atoms with Crippen LogP contribution in [0.4, 0.5) is 0 Å². The van der Waals surface area contributed by atoms with Gasteiger partial charge < -0.3 is 5.73 Å². The second-order valence-electron chi connectivity index (χ2n) is 5.05. The van der Waals surface area contributed by atoms with Gasteiger partial charge in [0.05, 0.1) is 0 Å². The summed E-state index contributed by atoms with van der Waals surface area (Å²) in [5.74, 6) is 0.818. The molecule has 1 aromatic rings. The monoisotopic (exact) mass is 218 g/mol. The summed E-state index contributed by atoms with van der Waals surface area (Å²) in [6.45, 7) is 7.57. The van der Waals surface area contributed by atoms with E-state index in [1.807, 2.05) is 0 Å². The third-order valence-electron chi connectivity index (χ3n) is 3.55. The van der Waals surface area contributed by atoms with Gasteiger partial charge in [0.15, 0.2) is 0 Å². The van der Waals surface area contributed by atoms with Crippen LogP contribution >= 0.6 is 0 Å². The summed E-state index contributed by atoms with van der Waals surface area (Å²) in [6.07, 6.45) is 1.31. The van der Waals surface area contributed by atoms with E-state index in [9.17, 15) is 0 Å². The average molecular weight is 218 g/mol. The van der Waals surface area contributed by atoms with Gasteiger partial charge in [0.2, 0.25) is 0 Å². The summed E-state index contributed by atoms with van der Waals surface area (Å²) in [5.41, 5.74) is 8.63. The lowest BCUT2D eigenvalue weighted by Crippen LogP contribution is -2.31. The third-order valence-corrected chi connectivity index (χ3v) is 3.55. The van der Waals surface area contributed by atoms with E-state index < -0.39 is 0 Å². The maximum Gasteiger partial charge on any atom is 0.0470 e. The van der Waals surface area contributed by atoms with Crippen molar-refractivity contribution < 1.29 is 0 Å². The molecule has 0 spiro atoms. The van der Waals surface area contributed by atoms with Crippen LogP contribution in [0.25, 0.3) is 0 Å². The number of aryl methyl sites for hydroxylation is 1. The van der Waals surface area contributed by atoms with Crippen molar-refractivity contribution in [3.63, 3.8) is 0 Å². The highest BCUT2D eigenvalue weighted by Crippen LogP contribution is 2.27. The Balaban J connectivity index is 2.16. The Morgan fingerprint density at radius 1 is 1.50 bits per heavy atom. The largest absolute Gasteiger partial charge is 0.329 e. The highest BCUT2D eigenvalue weighted by Gasteiger charge is 2.25. The Labute approximate surface area is 98.4 Å². The van der Waals surface area contributed by atoms with Gasteiger partial charge in [0.25, 0.3) is 0 Å². The van der Waals surface area contributed by atoms with Gasteiger partial charge >= 0.3 is 0 Å². The molecule has 1 aliphatic heterocycles. The molecule has 0 amide bonds. The topological polar surface area (TPSA) is 29.3 Å². The van der Waals surface area contributed by atoms with E-state index in [4.69, 9.17) is 5.73 Å². The van der Waals surface area contributed by atoms with Crippen LogP contribution in [0.15, 0.2) is 24.3 Å². The molecule has 2 N–H and O–H groups in total. The highest BCUT2D eigenvalue weighted by atomic mass is 15.2. The van der Waals surface area contributed by atoms with E-state index in [0.29, 0.717) is 6.04 Å². The second kappa shape index (κ2) is 4.98. The van der Waals surface area contributed by atoms with Crippen LogP contribution in [-0.4, -0.2) is 24.5 Å². The van der Waals surface area contributed by atoms with Crippen LogP contribution in [-0.2, 0) is 0 Å². The molecule has 0 bridgehead atoms. The SMILES string of the molecule is Cc1cccc(C(CN)N2CCC(C)C2)c1. The van der Waals surface area contributed by atoms with Crippen molar-refractivity contribution in [3.05, 3.63) is 35.4 Å². The Kier molecular flexibility index (Phi) is 3.62. The van der Waals surface area contributed by atoms with Crippen LogP contribution in [0.2, 0.25) is 0 Å². The molecule has 0 radical (unpaired) electrons. The van der Waals surface area contributed by atoms with Crippen LogP contribution in [0.3, 0.4) is 0 Å². The van der Waals surface area contributed by atoms with Gasteiger partial charge in [0, 0.05) is 19.1 Å². The predicted octanol–water partition coefficient (Wildman–Crippen LogP) is 2.34. The van der Waals surface area contributed by atoms with Crippen molar-refractivity contribution >= 4 is 0 Å². The van der Waals surface area contributed by atoms with Crippen molar-refractivity contribution in [1.29, 1.82) is 0 Å². The lowest BCUT2D eigenvalue weighted by atomic mass is 10.0. The molecule has 0 aliphatic carbocycles. The summed E-state index contributed by atoms with van der Waals surface area (Å²) in [4.78, 5) is 2.53. The molecule has 0 aromatic heterocycles. The molecule has 88 valence electrons. The molecule has 2 nitrogen and oxygen atoms in total. The standard InChI is InChI=1S/C14H22N2/c1-11-4-3-5-13(8-11)14(9-15)16-7-6-12(2)10-16/h3-5,8,12,14H,6-7,9-10,15H2,1-2H3. The third kappa shape index (κ3) is 2.45. The number of benzene rings is 1. The molecule has 2 heteroatoms. The van der Waals surface area contributed by atoms with Gasteiger partial charge in [-0.3, -0.25) is 4.90 Å². The first-order valence-corrected chi connectivity index (χ1v) is 6.21. The number of rotatable bonds is 3. The zero-order valence-corrected chi connectivity index (χ0v) is 10.3. The lowest BCUT2D eigenvalue weighted by Gasteiger charge is -2.27. The highest BCUT2D eigenvalue weighted by molar-refractivity contribution is 5.25. The predicted molar refractivity (Wildman–Crippen MR) is 68.3 cm³/mol. The smallest absolute Gasteiger partial charge is 0.0470 e. The first-order valence-electron chi connectivity index (χ1n) is 6.21. The Hall–Kier alpha value is -0.860.